The summed E-state index contributed by atoms with van der Waals surface area (Å²) in [6.07, 6.45) is 22.5. The molecule has 0 radical (unpaired) electrons. The van der Waals surface area contributed by atoms with Crippen molar-refractivity contribution < 1.29 is 15.0 Å². The van der Waals surface area contributed by atoms with Gasteiger partial charge in [0.15, 0.2) is 0 Å². The van der Waals surface area contributed by atoms with Crippen LogP contribution in [0.5, 0.6) is 0 Å². The zero-order valence-electron chi connectivity index (χ0n) is 24.9. The molecular weight excluding hydrogens is 482 g/mol. The highest BCUT2D eigenvalue weighted by Gasteiger charge is 2.54. The SMILES string of the molecule is CCCCCC/C=C\CCC[C@H]1CC[C@@H](C2(c3ccccc3)CCCCC2)[C@H]([C@H](C(=O)O)[C@H](C)O)[C@@H]1CCN. The van der Waals surface area contributed by atoms with Crippen LogP contribution in [0.3, 0.4) is 0 Å². The third-order valence-corrected chi connectivity index (χ3v) is 10.3. The second-order valence-corrected chi connectivity index (χ2v) is 12.7. The van der Waals surface area contributed by atoms with Gasteiger partial charge in [-0.05, 0) is 112 Å². The summed E-state index contributed by atoms with van der Waals surface area (Å²) in [6, 6.07) is 10.9. The number of aliphatic carboxylic acids is 1. The molecule has 4 N–H and O–H groups in total. The van der Waals surface area contributed by atoms with E-state index in [9.17, 15) is 15.0 Å². The average Bonchev–Trinajstić information content (AvgIpc) is 2.94. The molecule has 1 aromatic rings. The van der Waals surface area contributed by atoms with Crippen LogP contribution in [0, 0.1) is 29.6 Å². The molecule has 0 saturated heterocycles. The molecule has 4 heteroatoms. The molecular formula is C35H57NO3. The molecule has 0 bridgehead atoms. The minimum Gasteiger partial charge on any atom is -0.481 e. The molecule has 220 valence electrons. The molecule has 0 aliphatic heterocycles. The molecule has 0 unspecified atom stereocenters. The van der Waals surface area contributed by atoms with E-state index >= 15 is 0 Å². The largest absolute Gasteiger partial charge is 0.481 e. The highest BCUT2D eigenvalue weighted by atomic mass is 16.4. The zero-order chi connectivity index (χ0) is 28.1. The predicted octanol–water partition coefficient (Wildman–Crippen LogP) is 8.27. The van der Waals surface area contributed by atoms with Gasteiger partial charge in [0.1, 0.15) is 0 Å². The number of allylic oxidation sites excluding steroid dienone is 2. The number of rotatable bonds is 16. The summed E-state index contributed by atoms with van der Waals surface area (Å²) in [5, 5.41) is 21.4. The minimum absolute atomic E-state index is 0.00883. The van der Waals surface area contributed by atoms with Crippen molar-refractivity contribution in [3.05, 3.63) is 48.0 Å². The number of carbonyl (C=O) groups is 1. The van der Waals surface area contributed by atoms with Gasteiger partial charge in [-0.2, -0.15) is 0 Å². The van der Waals surface area contributed by atoms with Crippen molar-refractivity contribution in [1.29, 1.82) is 0 Å². The third-order valence-electron chi connectivity index (χ3n) is 10.3. The first kappa shape index (κ1) is 31.9. The third kappa shape index (κ3) is 8.43. The van der Waals surface area contributed by atoms with Gasteiger partial charge in [-0.1, -0.05) is 87.9 Å². The molecule has 4 nitrogen and oxygen atoms in total. The van der Waals surface area contributed by atoms with E-state index < -0.39 is 18.0 Å². The Kier molecular flexibility index (Phi) is 13.5. The van der Waals surface area contributed by atoms with E-state index in [0.717, 1.165) is 51.4 Å². The van der Waals surface area contributed by atoms with Crippen LogP contribution in [0.25, 0.3) is 0 Å². The Morgan fingerprint density at radius 1 is 1.00 bits per heavy atom. The molecule has 0 heterocycles. The Bertz CT molecular complexity index is 845. The van der Waals surface area contributed by atoms with Gasteiger partial charge in [0.05, 0.1) is 12.0 Å². The number of hydrogen-bond acceptors (Lipinski definition) is 3. The lowest BCUT2D eigenvalue weighted by Gasteiger charge is -2.55. The summed E-state index contributed by atoms with van der Waals surface area (Å²) < 4.78 is 0. The van der Waals surface area contributed by atoms with Crippen molar-refractivity contribution in [2.24, 2.45) is 35.3 Å². The molecule has 0 aromatic heterocycles. The number of nitrogens with two attached hydrogens (primary N) is 1. The molecule has 6 atom stereocenters. The van der Waals surface area contributed by atoms with Crippen molar-refractivity contribution in [3.8, 4) is 0 Å². The molecule has 1 aromatic carbocycles. The van der Waals surface area contributed by atoms with E-state index in [2.05, 4.69) is 49.4 Å². The lowest BCUT2D eigenvalue weighted by molar-refractivity contribution is -0.155. The number of unbranched alkanes of at least 4 members (excludes halogenated alkanes) is 5. The van der Waals surface area contributed by atoms with E-state index in [1.54, 1.807) is 6.92 Å². The second-order valence-electron chi connectivity index (χ2n) is 12.7. The van der Waals surface area contributed by atoms with Crippen LogP contribution in [0.1, 0.15) is 122 Å². The van der Waals surface area contributed by atoms with Crippen LogP contribution >= 0.6 is 0 Å². The van der Waals surface area contributed by atoms with Crippen LogP contribution in [0.2, 0.25) is 0 Å². The molecule has 39 heavy (non-hydrogen) atoms. The van der Waals surface area contributed by atoms with Gasteiger partial charge in [0, 0.05) is 0 Å². The van der Waals surface area contributed by atoms with Gasteiger partial charge >= 0.3 is 5.97 Å². The van der Waals surface area contributed by atoms with Crippen LogP contribution in [0.15, 0.2) is 42.5 Å². The van der Waals surface area contributed by atoms with Crippen molar-refractivity contribution >= 4 is 5.97 Å². The van der Waals surface area contributed by atoms with E-state index in [4.69, 9.17) is 5.73 Å². The lowest BCUT2D eigenvalue weighted by Crippen LogP contribution is -2.53. The van der Waals surface area contributed by atoms with Gasteiger partial charge in [-0.25, -0.2) is 0 Å². The van der Waals surface area contributed by atoms with Crippen molar-refractivity contribution in [1.82, 2.24) is 0 Å². The van der Waals surface area contributed by atoms with Crippen molar-refractivity contribution in [3.63, 3.8) is 0 Å². The molecule has 0 spiro atoms. The van der Waals surface area contributed by atoms with Crippen LogP contribution < -0.4 is 5.73 Å². The Morgan fingerprint density at radius 2 is 1.69 bits per heavy atom. The highest BCUT2D eigenvalue weighted by molar-refractivity contribution is 5.71. The summed E-state index contributed by atoms with van der Waals surface area (Å²) in [6.45, 7) is 4.52. The number of hydrogen-bond donors (Lipinski definition) is 3. The van der Waals surface area contributed by atoms with Crippen molar-refractivity contribution in [2.45, 2.75) is 128 Å². The number of aliphatic hydroxyl groups excluding tert-OH is 1. The molecule has 0 amide bonds. The Balaban J connectivity index is 1.85. The van der Waals surface area contributed by atoms with Gasteiger partial charge in [0.2, 0.25) is 0 Å². The fourth-order valence-corrected chi connectivity index (χ4v) is 8.49. The molecule has 2 fully saturated rings. The highest BCUT2D eigenvalue weighted by Crippen LogP contribution is 2.57. The monoisotopic (exact) mass is 539 g/mol. The number of carboxylic acids is 1. The maximum Gasteiger partial charge on any atom is 0.309 e. The summed E-state index contributed by atoms with van der Waals surface area (Å²) in [5.41, 5.74) is 7.60. The van der Waals surface area contributed by atoms with E-state index in [1.165, 1.54) is 56.9 Å². The summed E-state index contributed by atoms with van der Waals surface area (Å²) >= 11 is 0. The fraction of sp³-hybridized carbons (Fsp3) is 0.743. The summed E-state index contributed by atoms with van der Waals surface area (Å²) in [7, 11) is 0. The maximum atomic E-state index is 12.8. The Morgan fingerprint density at radius 3 is 2.31 bits per heavy atom. The number of aliphatic hydroxyl groups is 1. The molecule has 2 aliphatic carbocycles. The van der Waals surface area contributed by atoms with E-state index in [-0.39, 0.29) is 23.2 Å². The van der Waals surface area contributed by atoms with Gasteiger partial charge in [-0.3, -0.25) is 4.79 Å². The first-order valence-electron chi connectivity index (χ1n) is 16.3. The van der Waals surface area contributed by atoms with E-state index in [0.29, 0.717) is 12.5 Å². The zero-order valence-corrected chi connectivity index (χ0v) is 24.9. The first-order valence-corrected chi connectivity index (χ1v) is 16.3. The van der Waals surface area contributed by atoms with Crippen LogP contribution in [-0.4, -0.2) is 28.8 Å². The van der Waals surface area contributed by atoms with Crippen molar-refractivity contribution in [2.75, 3.05) is 6.54 Å². The maximum absolute atomic E-state index is 12.8. The summed E-state index contributed by atoms with van der Waals surface area (Å²) in [4.78, 5) is 12.8. The normalized spacial score (nSPS) is 26.9. The van der Waals surface area contributed by atoms with Crippen LogP contribution in [-0.2, 0) is 10.2 Å². The van der Waals surface area contributed by atoms with Gasteiger partial charge in [-0.15, -0.1) is 0 Å². The second kappa shape index (κ2) is 16.6. The fourth-order valence-electron chi connectivity index (χ4n) is 8.49. The average molecular weight is 540 g/mol. The number of carboxylic acid groups (broad SMARTS) is 1. The van der Waals surface area contributed by atoms with E-state index in [1.807, 2.05) is 0 Å². The quantitative estimate of drug-likeness (QED) is 0.146. The summed E-state index contributed by atoms with van der Waals surface area (Å²) in [5.74, 6) is -0.675. The smallest absolute Gasteiger partial charge is 0.309 e. The molecule has 3 rings (SSSR count). The number of benzene rings is 1. The Hall–Kier alpha value is -1.65. The molecule has 2 saturated carbocycles. The first-order chi connectivity index (χ1) is 19.0. The Labute approximate surface area is 238 Å². The van der Waals surface area contributed by atoms with Crippen LogP contribution in [0.4, 0.5) is 0 Å². The lowest BCUT2D eigenvalue weighted by atomic mass is 9.49. The van der Waals surface area contributed by atoms with Gasteiger partial charge in [0.25, 0.3) is 0 Å². The topological polar surface area (TPSA) is 83.5 Å². The van der Waals surface area contributed by atoms with Gasteiger partial charge < -0.3 is 15.9 Å². The molecule has 2 aliphatic rings. The minimum atomic E-state index is -0.874. The predicted molar refractivity (Wildman–Crippen MR) is 163 cm³/mol. The standard InChI is InChI=1S/C35H57NO3/c1-3-4-5-6-7-8-9-10-13-18-28-21-22-31(33(30(28)23-26-36)32(27(2)37)34(38)39)35(24-16-12-17-25-35)29-19-14-11-15-20-29/h8-9,11,14-15,19-20,27-28,30-33,37H,3-7,10,12-13,16-18,21-26,36H2,1-2H3,(H,38,39)/b9-8-/t27-,28-,30+,31+,32+,33+/m0/s1.